The first-order chi connectivity index (χ1) is 6.96. The summed E-state index contributed by atoms with van der Waals surface area (Å²) in [4.78, 5) is 11.9. The van der Waals surface area contributed by atoms with Crippen molar-refractivity contribution in [1.29, 1.82) is 0 Å². The molecule has 1 rings (SSSR count). The molecule has 0 radical (unpaired) electrons. The van der Waals surface area contributed by atoms with Crippen molar-refractivity contribution in [3.8, 4) is 12.3 Å². The maximum Gasteiger partial charge on any atom is 0.238 e. The molecule has 15 heavy (non-hydrogen) atoms. The summed E-state index contributed by atoms with van der Waals surface area (Å²) in [5, 5.41) is 6.10. The molecular formula is C12H20N2O. The largest absolute Gasteiger partial charge is 0.339 e. The van der Waals surface area contributed by atoms with E-state index in [0.29, 0.717) is 5.92 Å². The number of terminal acetylenes is 1. The smallest absolute Gasteiger partial charge is 0.238 e. The first-order valence-corrected chi connectivity index (χ1v) is 5.49. The highest BCUT2D eigenvalue weighted by Gasteiger charge is 2.30. The van der Waals surface area contributed by atoms with Crippen LogP contribution in [-0.4, -0.2) is 24.0 Å². The monoisotopic (exact) mass is 208 g/mol. The van der Waals surface area contributed by atoms with Crippen molar-refractivity contribution >= 4 is 5.91 Å². The molecule has 1 aliphatic rings. The van der Waals surface area contributed by atoms with Gasteiger partial charge in [-0.1, -0.05) is 12.8 Å². The summed E-state index contributed by atoms with van der Waals surface area (Å²) in [5.41, 5.74) is -0.560. The van der Waals surface area contributed by atoms with Crippen molar-refractivity contribution < 1.29 is 4.79 Å². The molecule has 0 bridgehead atoms. The minimum absolute atomic E-state index is 0.0187. The van der Waals surface area contributed by atoms with Gasteiger partial charge in [0, 0.05) is 0 Å². The number of piperidine rings is 1. The minimum atomic E-state index is -0.560. The van der Waals surface area contributed by atoms with Gasteiger partial charge in [-0.3, -0.25) is 4.79 Å². The summed E-state index contributed by atoms with van der Waals surface area (Å²) in [5.74, 6) is 2.97. The van der Waals surface area contributed by atoms with Gasteiger partial charge in [0.1, 0.15) is 0 Å². The third-order valence-corrected chi connectivity index (χ3v) is 2.85. The number of nitrogens with one attached hydrogen (secondary N) is 2. The first-order valence-electron chi connectivity index (χ1n) is 5.49. The van der Waals surface area contributed by atoms with E-state index in [9.17, 15) is 4.79 Å². The van der Waals surface area contributed by atoms with Gasteiger partial charge in [-0.25, -0.2) is 0 Å². The summed E-state index contributed by atoms with van der Waals surface area (Å²) >= 11 is 0. The van der Waals surface area contributed by atoms with Gasteiger partial charge >= 0.3 is 0 Å². The molecule has 0 aliphatic carbocycles. The Hall–Kier alpha value is -1.01. The Bertz CT molecular complexity index is 278. The fourth-order valence-corrected chi connectivity index (χ4v) is 1.82. The van der Waals surface area contributed by atoms with E-state index in [-0.39, 0.29) is 11.9 Å². The molecule has 0 aromatic heterocycles. The van der Waals surface area contributed by atoms with Gasteiger partial charge in [0.25, 0.3) is 0 Å². The average Bonchev–Trinajstić information content (AvgIpc) is 2.17. The second-order valence-electron chi connectivity index (χ2n) is 4.81. The highest BCUT2D eigenvalue weighted by atomic mass is 16.2. The topological polar surface area (TPSA) is 41.1 Å². The fourth-order valence-electron chi connectivity index (χ4n) is 1.82. The standard InChI is InChI=1S/C12H20N2O/c1-5-12(3,4)14-11(15)10-9(2)7-6-8-13-10/h1,9-10,13H,6-8H2,2-4H3,(H,14,15). The lowest BCUT2D eigenvalue weighted by Crippen LogP contribution is -2.55. The molecule has 2 N–H and O–H groups in total. The van der Waals surface area contributed by atoms with E-state index in [1.54, 1.807) is 0 Å². The second-order valence-corrected chi connectivity index (χ2v) is 4.81. The molecule has 1 saturated heterocycles. The SMILES string of the molecule is C#CC(C)(C)NC(=O)C1NCCCC1C. The second kappa shape index (κ2) is 4.67. The third-order valence-electron chi connectivity index (χ3n) is 2.85. The Morgan fingerprint density at radius 3 is 2.80 bits per heavy atom. The van der Waals surface area contributed by atoms with Crippen LogP contribution in [0.15, 0.2) is 0 Å². The Labute approximate surface area is 92.0 Å². The number of rotatable bonds is 2. The van der Waals surface area contributed by atoms with Crippen LogP contribution in [-0.2, 0) is 4.79 Å². The van der Waals surface area contributed by atoms with Crippen LogP contribution in [0.25, 0.3) is 0 Å². The summed E-state index contributed by atoms with van der Waals surface area (Å²) < 4.78 is 0. The van der Waals surface area contributed by atoms with E-state index in [1.807, 2.05) is 13.8 Å². The van der Waals surface area contributed by atoms with Crippen molar-refractivity contribution in [2.45, 2.75) is 45.2 Å². The first kappa shape index (κ1) is 12.1. The van der Waals surface area contributed by atoms with Crippen molar-refractivity contribution in [3.63, 3.8) is 0 Å². The summed E-state index contributed by atoms with van der Waals surface area (Å²) in [6, 6.07) is -0.0913. The molecule has 2 unspecified atom stereocenters. The summed E-state index contributed by atoms with van der Waals surface area (Å²) in [7, 11) is 0. The van der Waals surface area contributed by atoms with Crippen LogP contribution < -0.4 is 10.6 Å². The molecule has 84 valence electrons. The van der Waals surface area contributed by atoms with Crippen molar-refractivity contribution in [2.24, 2.45) is 5.92 Å². The lowest BCUT2D eigenvalue weighted by atomic mass is 9.91. The van der Waals surface area contributed by atoms with E-state index in [4.69, 9.17) is 6.42 Å². The molecule has 1 heterocycles. The predicted molar refractivity (Wildman–Crippen MR) is 61.2 cm³/mol. The van der Waals surface area contributed by atoms with Crippen LogP contribution in [0.5, 0.6) is 0 Å². The van der Waals surface area contributed by atoms with Crippen LogP contribution in [0.1, 0.15) is 33.6 Å². The maximum absolute atomic E-state index is 11.9. The molecule has 3 heteroatoms. The highest BCUT2D eigenvalue weighted by molar-refractivity contribution is 5.83. The molecular weight excluding hydrogens is 188 g/mol. The number of amides is 1. The molecule has 2 atom stereocenters. The third kappa shape index (κ3) is 3.24. The minimum Gasteiger partial charge on any atom is -0.339 e. The normalized spacial score (nSPS) is 26.8. The zero-order valence-corrected chi connectivity index (χ0v) is 9.76. The Morgan fingerprint density at radius 2 is 2.27 bits per heavy atom. The van der Waals surface area contributed by atoms with Crippen LogP contribution in [0.2, 0.25) is 0 Å². The molecule has 0 spiro atoms. The van der Waals surface area contributed by atoms with E-state index < -0.39 is 5.54 Å². The average molecular weight is 208 g/mol. The van der Waals surface area contributed by atoms with Crippen LogP contribution in [0.3, 0.4) is 0 Å². The molecule has 1 amide bonds. The van der Waals surface area contributed by atoms with Gasteiger partial charge in [-0.05, 0) is 39.2 Å². The number of hydrogen-bond donors (Lipinski definition) is 2. The van der Waals surface area contributed by atoms with Crippen molar-refractivity contribution in [1.82, 2.24) is 10.6 Å². The molecule has 3 nitrogen and oxygen atoms in total. The van der Waals surface area contributed by atoms with Crippen molar-refractivity contribution in [3.05, 3.63) is 0 Å². The van der Waals surface area contributed by atoms with E-state index in [2.05, 4.69) is 23.5 Å². The van der Waals surface area contributed by atoms with E-state index in [1.165, 1.54) is 0 Å². The van der Waals surface area contributed by atoms with Gasteiger partial charge in [0.2, 0.25) is 5.91 Å². The predicted octanol–water partition coefficient (Wildman–Crippen LogP) is 0.902. The van der Waals surface area contributed by atoms with Crippen LogP contribution in [0.4, 0.5) is 0 Å². The van der Waals surface area contributed by atoms with Gasteiger partial charge in [-0.2, -0.15) is 0 Å². The molecule has 0 saturated carbocycles. The van der Waals surface area contributed by atoms with Gasteiger partial charge in [-0.15, -0.1) is 6.42 Å². The molecule has 0 aromatic carbocycles. The molecule has 1 fully saturated rings. The quantitative estimate of drug-likeness (QED) is 0.662. The van der Waals surface area contributed by atoms with E-state index in [0.717, 1.165) is 19.4 Å². The number of carbonyl (C=O) groups excluding carboxylic acids is 1. The Balaban J connectivity index is 2.57. The number of hydrogen-bond acceptors (Lipinski definition) is 2. The van der Waals surface area contributed by atoms with E-state index >= 15 is 0 Å². The maximum atomic E-state index is 11.9. The van der Waals surface area contributed by atoms with Crippen LogP contribution >= 0.6 is 0 Å². The summed E-state index contributed by atoms with van der Waals surface area (Å²) in [6.07, 6.45) is 7.57. The summed E-state index contributed by atoms with van der Waals surface area (Å²) in [6.45, 7) is 6.68. The zero-order chi connectivity index (χ0) is 11.5. The fraction of sp³-hybridized carbons (Fsp3) is 0.750. The molecule has 0 aromatic rings. The lowest BCUT2D eigenvalue weighted by Gasteiger charge is -2.31. The van der Waals surface area contributed by atoms with Gasteiger partial charge < -0.3 is 10.6 Å². The van der Waals surface area contributed by atoms with Gasteiger partial charge in [0.15, 0.2) is 0 Å². The van der Waals surface area contributed by atoms with Gasteiger partial charge in [0.05, 0.1) is 11.6 Å². The highest BCUT2D eigenvalue weighted by Crippen LogP contribution is 2.16. The Kier molecular flexibility index (Phi) is 3.76. The molecule has 1 aliphatic heterocycles. The zero-order valence-electron chi connectivity index (χ0n) is 9.76. The Morgan fingerprint density at radius 1 is 1.60 bits per heavy atom. The lowest BCUT2D eigenvalue weighted by molar-refractivity contribution is -0.125. The van der Waals surface area contributed by atoms with Crippen LogP contribution in [0, 0.1) is 18.3 Å². The number of carbonyl (C=O) groups is 1. The van der Waals surface area contributed by atoms with Crippen molar-refractivity contribution in [2.75, 3.05) is 6.54 Å².